The Bertz CT molecular complexity index is 309. The van der Waals surface area contributed by atoms with Gasteiger partial charge in [-0.15, -0.1) is 0 Å². The Morgan fingerprint density at radius 1 is 1.31 bits per heavy atom. The molecule has 2 heteroatoms. The molecule has 0 heterocycles. The van der Waals surface area contributed by atoms with Crippen LogP contribution >= 0.6 is 15.9 Å². The predicted octanol–water partition coefficient (Wildman–Crippen LogP) is 2.69. The number of hydrogen-bond donors (Lipinski definition) is 1. The highest BCUT2D eigenvalue weighted by Gasteiger charge is 2.14. The summed E-state index contributed by atoms with van der Waals surface area (Å²) in [5.74, 6) is 0. The third-order valence-corrected chi connectivity index (χ3v) is 3.10. The molecule has 0 aromatic heterocycles. The highest BCUT2D eigenvalue weighted by Crippen LogP contribution is 2.23. The molecule has 0 spiro atoms. The molecule has 0 saturated heterocycles. The van der Waals surface area contributed by atoms with Gasteiger partial charge in [0.15, 0.2) is 0 Å². The first-order chi connectivity index (χ1) is 6.25. The molecule has 13 heavy (non-hydrogen) atoms. The number of fused-ring (bicyclic) bond motifs is 1. The molecule has 70 valence electrons. The Labute approximate surface area is 86.9 Å². The van der Waals surface area contributed by atoms with Crippen LogP contribution in [0.4, 0.5) is 0 Å². The lowest BCUT2D eigenvalue weighted by atomic mass is 10.0. The lowest BCUT2D eigenvalue weighted by Gasteiger charge is -2.07. The zero-order chi connectivity index (χ0) is 9.26. The molecule has 1 aromatic rings. The maximum Gasteiger partial charge on any atom is 0.0580 e. The molecule has 1 unspecified atom stereocenters. The first-order valence-corrected chi connectivity index (χ1v) is 5.50. The van der Waals surface area contributed by atoms with Gasteiger partial charge in [-0.3, -0.25) is 0 Å². The summed E-state index contributed by atoms with van der Waals surface area (Å²) < 4.78 is 1.11. The second kappa shape index (κ2) is 3.81. The van der Waals surface area contributed by atoms with Gasteiger partial charge in [-0.1, -0.05) is 22.0 Å². The van der Waals surface area contributed by atoms with Crippen molar-refractivity contribution in [2.75, 3.05) is 0 Å². The summed E-state index contributed by atoms with van der Waals surface area (Å²) >= 11 is 3.45. The van der Waals surface area contributed by atoms with Gasteiger partial charge in [-0.2, -0.15) is 0 Å². The quantitative estimate of drug-likeness (QED) is 0.692. The van der Waals surface area contributed by atoms with E-state index in [9.17, 15) is 5.11 Å². The van der Waals surface area contributed by atoms with Crippen LogP contribution in [-0.2, 0) is 12.8 Å². The maximum absolute atomic E-state index is 9.61. The summed E-state index contributed by atoms with van der Waals surface area (Å²) in [5, 5.41) is 9.61. The molecule has 1 aromatic carbocycles. The predicted molar refractivity (Wildman–Crippen MR) is 56.8 cm³/mol. The third kappa shape index (κ3) is 2.12. The van der Waals surface area contributed by atoms with Crippen LogP contribution in [0.25, 0.3) is 0 Å². The topological polar surface area (TPSA) is 20.2 Å². The lowest BCUT2D eigenvalue weighted by Crippen LogP contribution is -2.08. The molecule has 1 N–H and O–H groups in total. The smallest absolute Gasteiger partial charge is 0.0580 e. The fourth-order valence-electron chi connectivity index (χ4n) is 1.91. The van der Waals surface area contributed by atoms with Gasteiger partial charge in [0, 0.05) is 4.47 Å². The van der Waals surface area contributed by atoms with Crippen LogP contribution in [0.2, 0.25) is 0 Å². The van der Waals surface area contributed by atoms with Crippen LogP contribution in [0, 0.1) is 0 Å². The van der Waals surface area contributed by atoms with Gasteiger partial charge in [0.05, 0.1) is 6.10 Å². The Hall–Kier alpha value is -0.340. The van der Waals surface area contributed by atoms with E-state index in [1.165, 1.54) is 11.1 Å². The summed E-state index contributed by atoms with van der Waals surface area (Å²) in [5.41, 5.74) is 2.71. The molecule has 0 bridgehead atoms. The highest BCUT2D eigenvalue weighted by atomic mass is 79.9. The summed E-state index contributed by atoms with van der Waals surface area (Å²) in [6.45, 7) is 0. The number of aryl methyl sites for hydroxylation is 1. The third-order valence-electron chi connectivity index (χ3n) is 2.61. The van der Waals surface area contributed by atoms with E-state index in [1.54, 1.807) is 0 Å². The average Bonchev–Trinajstić information content (AvgIpc) is 2.25. The summed E-state index contributed by atoms with van der Waals surface area (Å²) in [6, 6.07) is 6.37. The van der Waals surface area contributed by atoms with Crippen molar-refractivity contribution in [2.45, 2.75) is 31.8 Å². The number of aliphatic hydroxyl groups excluding tert-OH is 1. The van der Waals surface area contributed by atoms with Gasteiger partial charge < -0.3 is 5.11 Å². The molecule has 1 atom stereocenters. The molecule has 1 nitrogen and oxygen atoms in total. The number of hydrogen-bond acceptors (Lipinski definition) is 1. The summed E-state index contributed by atoms with van der Waals surface area (Å²) in [7, 11) is 0. The normalized spacial score (nSPS) is 22.2. The largest absolute Gasteiger partial charge is 0.393 e. The van der Waals surface area contributed by atoms with Crippen molar-refractivity contribution >= 4 is 15.9 Å². The minimum atomic E-state index is -0.143. The van der Waals surface area contributed by atoms with Crippen molar-refractivity contribution in [1.29, 1.82) is 0 Å². The van der Waals surface area contributed by atoms with E-state index >= 15 is 0 Å². The Kier molecular flexibility index (Phi) is 2.70. The zero-order valence-electron chi connectivity index (χ0n) is 7.46. The second-order valence-corrected chi connectivity index (χ2v) is 4.58. The van der Waals surface area contributed by atoms with Gasteiger partial charge in [-0.25, -0.2) is 0 Å². The molecule has 0 fully saturated rings. The number of benzene rings is 1. The number of aliphatic hydroxyl groups is 1. The summed E-state index contributed by atoms with van der Waals surface area (Å²) in [4.78, 5) is 0. The van der Waals surface area contributed by atoms with Crippen LogP contribution in [0.5, 0.6) is 0 Å². The average molecular weight is 241 g/mol. The van der Waals surface area contributed by atoms with Gasteiger partial charge in [0.2, 0.25) is 0 Å². The van der Waals surface area contributed by atoms with E-state index in [2.05, 4.69) is 34.1 Å². The fourth-order valence-corrected chi connectivity index (χ4v) is 2.32. The van der Waals surface area contributed by atoms with Gasteiger partial charge >= 0.3 is 0 Å². The van der Waals surface area contributed by atoms with Crippen LogP contribution in [0.15, 0.2) is 22.7 Å². The Morgan fingerprint density at radius 2 is 2.15 bits per heavy atom. The zero-order valence-corrected chi connectivity index (χ0v) is 9.05. The minimum absolute atomic E-state index is 0.143. The van der Waals surface area contributed by atoms with E-state index in [-0.39, 0.29) is 6.10 Å². The highest BCUT2D eigenvalue weighted by molar-refractivity contribution is 9.10. The molecule has 0 amide bonds. The number of halogens is 1. The second-order valence-electron chi connectivity index (χ2n) is 3.66. The molecule has 0 radical (unpaired) electrons. The molecule has 2 rings (SSSR count). The Morgan fingerprint density at radius 3 is 3.00 bits per heavy atom. The van der Waals surface area contributed by atoms with Crippen molar-refractivity contribution in [3.63, 3.8) is 0 Å². The van der Waals surface area contributed by atoms with E-state index in [4.69, 9.17) is 0 Å². The monoisotopic (exact) mass is 240 g/mol. The lowest BCUT2D eigenvalue weighted by molar-refractivity contribution is 0.165. The molecular formula is C11H13BrO. The molecule has 1 aliphatic rings. The van der Waals surface area contributed by atoms with E-state index in [1.807, 2.05) is 0 Å². The van der Waals surface area contributed by atoms with E-state index in [0.717, 1.165) is 30.2 Å². The van der Waals surface area contributed by atoms with Crippen molar-refractivity contribution < 1.29 is 5.11 Å². The van der Waals surface area contributed by atoms with Crippen LogP contribution in [0.3, 0.4) is 0 Å². The van der Waals surface area contributed by atoms with E-state index in [0.29, 0.717) is 0 Å². The summed E-state index contributed by atoms with van der Waals surface area (Å²) in [6.07, 6.45) is 3.83. The van der Waals surface area contributed by atoms with Gasteiger partial charge in [0.1, 0.15) is 0 Å². The molecule has 0 aliphatic heterocycles. The molecule has 0 saturated carbocycles. The van der Waals surface area contributed by atoms with Crippen molar-refractivity contribution in [3.05, 3.63) is 33.8 Å². The molecular weight excluding hydrogens is 228 g/mol. The number of rotatable bonds is 0. The van der Waals surface area contributed by atoms with Gasteiger partial charge in [0.25, 0.3) is 0 Å². The molecule has 1 aliphatic carbocycles. The van der Waals surface area contributed by atoms with Crippen molar-refractivity contribution in [3.8, 4) is 0 Å². The standard InChI is InChI=1S/C11H13BrO/c12-10-5-4-8-2-1-3-11(13)7-9(8)6-10/h4-6,11,13H,1-3,7H2. The Balaban J connectivity index is 2.35. The van der Waals surface area contributed by atoms with Crippen molar-refractivity contribution in [2.24, 2.45) is 0 Å². The first-order valence-electron chi connectivity index (χ1n) is 4.71. The van der Waals surface area contributed by atoms with Crippen LogP contribution < -0.4 is 0 Å². The minimum Gasteiger partial charge on any atom is -0.393 e. The maximum atomic E-state index is 9.61. The van der Waals surface area contributed by atoms with E-state index < -0.39 is 0 Å². The van der Waals surface area contributed by atoms with Crippen LogP contribution in [0.1, 0.15) is 24.0 Å². The SMILES string of the molecule is OC1CCCc2ccc(Br)cc2C1. The fraction of sp³-hybridized carbons (Fsp3) is 0.455. The van der Waals surface area contributed by atoms with Crippen LogP contribution in [-0.4, -0.2) is 11.2 Å². The first kappa shape index (κ1) is 9.22. The van der Waals surface area contributed by atoms with Gasteiger partial charge in [-0.05, 0) is 48.9 Å². The van der Waals surface area contributed by atoms with Crippen molar-refractivity contribution in [1.82, 2.24) is 0 Å².